The lowest BCUT2D eigenvalue weighted by atomic mass is 10.1. The minimum absolute atomic E-state index is 0.132. The van der Waals surface area contributed by atoms with Crippen LogP contribution in [0.2, 0.25) is 0 Å². The Balaban J connectivity index is 2.28. The maximum absolute atomic E-state index is 8.70. The van der Waals surface area contributed by atoms with Crippen molar-refractivity contribution in [1.29, 1.82) is 0 Å². The van der Waals surface area contributed by atoms with Gasteiger partial charge in [0.2, 0.25) is 0 Å². The van der Waals surface area contributed by atoms with E-state index in [0.29, 0.717) is 12.5 Å². The zero-order valence-electron chi connectivity index (χ0n) is 8.90. The highest BCUT2D eigenvalue weighted by atomic mass is 16.3. The van der Waals surface area contributed by atoms with Gasteiger partial charge in [0.05, 0.1) is 13.2 Å². The summed E-state index contributed by atoms with van der Waals surface area (Å²) >= 11 is 0. The number of hydrogen-bond donors (Lipinski definition) is 2. The first-order valence-electron chi connectivity index (χ1n) is 5.10. The van der Waals surface area contributed by atoms with E-state index in [1.807, 2.05) is 12.3 Å². The minimum Gasteiger partial charge on any atom is -0.394 e. The van der Waals surface area contributed by atoms with Gasteiger partial charge in [0.15, 0.2) is 0 Å². The Labute approximate surface area is 84.9 Å². The van der Waals surface area contributed by atoms with Crippen molar-refractivity contribution in [2.45, 2.75) is 26.8 Å². The monoisotopic (exact) mass is 197 g/mol. The van der Waals surface area contributed by atoms with E-state index >= 15 is 0 Å². The summed E-state index contributed by atoms with van der Waals surface area (Å²) in [6, 6.07) is 1.93. The van der Waals surface area contributed by atoms with Crippen LogP contribution in [-0.2, 0) is 6.54 Å². The second-order valence-electron chi connectivity index (χ2n) is 3.80. The summed E-state index contributed by atoms with van der Waals surface area (Å²) in [7, 11) is 0. The summed E-state index contributed by atoms with van der Waals surface area (Å²) in [5.74, 6) is 1.60. The van der Waals surface area contributed by atoms with Crippen LogP contribution in [0, 0.1) is 5.92 Å². The molecule has 0 aromatic carbocycles. The molecule has 0 atom stereocenters. The maximum Gasteiger partial charge on any atom is 0.147 e. The molecule has 14 heavy (non-hydrogen) atoms. The van der Waals surface area contributed by atoms with Crippen molar-refractivity contribution >= 4 is 5.82 Å². The molecule has 0 radical (unpaired) electrons. The number of nitrogens with one attached hydrogen (secondary N) is 1. The quantitative estimate of drug-likeness (QED) is 0.723. The average molecular weight is 197 g/mol. The molecular weight excluding hydrogens is 178 g/mol. The number of aromatic nitrogens is 2. The smallest absolute Gasteiger partial charge is 0.147 e. The lowest BCUT2D eigenvalue weighted by Gasteiger charge is -2.05. The Hall–Kier alpha value is -1.03. The molecule has 0 fully saturated rings. The normalized spacial score (nSPS) is 10.9. The molecule has 0 unspecified atom stereocenters. The molecule has 80 valence electrons. The SMILES string of the molecule is CC(C)CCNc1ccn(CCO)n1. The summed E-state index contributed by atoms with van der Waals surface area (Å²) in [4.78, 5) is 0. The fraction of sp³-hybridized carbons (Fsp3) is 0.700. The van der Waals surface area contributed by atoms with E-state index in [-0.39, 0.29) is 6.61 Å². The number of hydrogen-bond acceptors (Lipinski definition) is 3. The number of anilines is 1. The first-order valence-corrected chi connectivity index (χ1v) is 5.10. The lowest BCUT2D eigenvalue weighted by molar-refractivity contribution is 0.269. The fourth-order valence-corrected chi connectivity index (χ4v) is 1.17. The molecule has 4 nitrogen and oxygen atoms in total. The van der Waals surface area contributed by atoms with E-state index in [2.05, 4.69) is 24.3 Å². The topological polar surface area (TPSA) is 50.1 Å². The zero-order valence-corrected chi connectivity index (χ0v) is 8.90. The highest BCUT2D eigenvalue weighted by Gasteiger charge is 1.98. The molecule has 0 aliphatic rings. The van der Waals surface area contributed by atoms with Crippen LogP contribution in [0.3, 0.4) is 0 Å². The van der Waals surface area contributed by atoms with Gasteiger partial charge < -0.3 is 10.4 Å². The van der Waals surface area contributed by atoms with Gasteiger partial charge in [-0.25, -0.2) is 0 Å². The summed E-state index contributed by atoms with van der Waals surface area (Å²) in [5.41, 5.74) is 0. The van der Waals surface area contributed by atoms with Crippen molar-refractivity contribution in [1.82, 2.24) is 9.78 Å². The molecule has 1 aromatic rings. The van der Waals surface area contributed by atoms with Crippen LogP contribution in [0.15, 0.2) is 12.3 Å². The van der Waals surface area contributed by atoms with Crippen molar-refractivity contribution in [2.75, 3.05) is 18.5 Å². The molecule has 0 amide bonds. The second-order valence-corrected chi connectivity index (χ2v) is 3.80. The van der Waals surface area contributed by atoms with Gasteiger partial charge in [-0.05, 0) is 12.3 Å². The molecule has 0 spiro atoms. The van der Waals surface area contributed by atoms with Crippen molar-refractivity contribution in [3.63, 3.8) is 0 Å². The highest BCUT2D eigenvalue weighted by Crippen LogP contribution is 2.04. The van der Waals surface area contributed by atoms with Crippen LogP contribution in [0.1, 0.15) is 20.3 Å². The number of nitrogens with zero attached hydrogens (tertiary/aromatic N) is 2. The number of rotatable bonds is 6. The van der Waals surface area contributed by atoms with Gasteiger partial charge in [0.25, 0.3) is 0 Å². The van der Waals surface area contributed by atoms with E-state index in [1.54, 1.807) is 4.68 Å². The Bertz CT molecular complexity index is 258. The summed E-state index contributed by atoms with van der Waals surface area (Å²) in [6.07, 6.45) is 3.01. The van der Waals surface area contributed by atoms with Gasteiger partial charge in [-0.15, -0.1) is 0 Å². The molecule has 1 aromatic heterocycles. The molecular formula is C10H19N3O. The Morgan fingerprint density at radius 3 is 3.00 bits per heavy atom. The van der Waals surface area contributed by atoms with Gasteiger partial charge in [-0.1, -0.05) is 13.8 Å². The number of aliphatic hydroxyl groups is 1. The summed E-state index contributed by atoms with van der Waals surface area (Å²) < 4.78 is 1.73. The van der Waals surface area contributed by atoms with Crippen LogP contribution < -0.4 is 5.32 Å². The van der Waals surface area contributed by atoms with E-state index in [1.165, 1.54) is 0 Å². The third-order valence-electron chi connectivity index (χ3n) is 2.00. The van der Waals surface area contributed by atoms with Crippen LogP contribution in [-0.4, -0.2) is 28.0 Å². The van der Waals surface area contributed by atoms with Crippen molar-refractivity contribution in [2.24, 2.45) is 5.92 Å². The maximum atomic E-state index is 8.70. The molecule has 0 aliphatic heterocycles. The standard InChI is InChI=1S/C10H19N3O/c1-9(2)3-5-11-10-4-6-13(12-10)7-8-14/h4,6,9,14H,3,5,7-8H2,1-2H3,(H,11,12). The van der Waals surface area contributed by atoms with Gasteiger partial charge >= 0.3 is 0 Å². The van der Waals surface area contributed by atoms with Crippen LogP contribution >= 0.6 is 0 Å². The van der Waals surface area contributed by atoms with Gasteiger partial charge in [-0.2, -0.15) is 5.10 Å². The van der Waals surface area contributed by atoms with Gasteiger partial charge in [0, 0.05) is 18.8 Å². The Kier molecular flexibility index (Phi) is 4.46. The van der Waals surface area contributed by atoms with Gasteiger partial charge in [-0.3, -0.25) is 4.68 Å². The van der Waals surface area contributed by atoms with Crippen molar-refractivity contribution < 1.29 is 5.11 Å². The number of aliphatic hydroxyl groups excluding tert-OH is 1. The fourth-order valence-electron chi connectivity index (χ4n) is 1.17. The molecule has 1 heterocycles. The van der Waals surface area contributed by atoms with E-state index in [4.69, 9.17) is 5.11 Å². The van der Waals surface area contributed by atoms with Crippen LogP contribution in [0.4, 0.5) is 5.82 Å². The largest absolute Gasteiger partial charge is 0.394 e. The molecule has 4 heteroatoms. The minimum atomic E-state index is 0.132. The third kappa shape index (κ3) is 3.79. The third-order valence-corrected chi connectivity index (χ3v) is 2.00. The average Bonchev–Trinajstić information content (AvgIpc) is 2.53. The van der Waals surface area contributed by atoms with E-state index in [0.717, 1.165) is 18.8 Å². The Morgan fingerprint density at radius 2 is 2.36 bits per heavy atom. The highest BCUT2D eigenvalue weighted by molar-refractivity contribution is 5.31. The first-order chi connectivity index (χ1) is 6.72. The predicted molar refractivity (Wildman–Crippen MR) is 57.3 cm³/mol. The van der Waals surface area contributed by atoms with E-state index < -0.39 is 0 Å². The summed E-state index contributed by atoms with van der Waals surface area (Å²) in [6.45, 7) is 6.05. The molecule has 0 aliphatic carbocycles. The van der Waals surface area contributed by atoms with Crippen molar-refractivity contribution in [3.8, 4) is 0 Å². The Morgan fingerprint density at radius 1 is 1.57 bits per heavy atom. The van der Waals surface area contributed by atoms with E-state index in [9.17, 15) is 0 Å². The van der Waals surface area contributed by atoms with Crippen LogP contribution in [0.5, 0.6) is 0 Å². The van der Waals surface area contributed by atoms with Crippen molar-refractivity contribution in [3.05, 3.63) is 12.3 Å². The molecule has 2 N–H and O–H groups in total. The van der Waals surface area contributed by atoms with Gasteiger partial charge in [0.1, 0.15) is 5.82 Å². The molecule has 0 bridgehead atoms. The van der Waals surface area contributed by atoms with Crippen LogP contribution in [0.25, 0.3) is 0 Å². The molecule has 0 saturated heterocycles. The molecule has 1 rings (SSSR count). The zero-order chi connectivity index (χ0) is 10.4. The second kappa shape index (κ2) is 5.65. The predicted octanol–water partition coefficient (Wildman–Crippen LogP) is 1.33. The lowest BCUT2D eigenvalue weighted by Crippen LogP contribution is -2.07. The summed E-state index contributed by atoms with van der Waals surface area (Å²) in [5, 5.41) is 16.2. The first kappa shape index (κ1) is 11.0. The molecule has 0 saturated carbocycles.